The molecule has 0 aromatic carbocycles. The van der Waals surface area contributed by atoms with E-state index >= 15 is 0 Å². The van der Waals surface area contributed by atoms with Crippen molar-refractivity contribution in [3.8, 4) is 0 Å². The topological polar surface area (TPSA) is 0 Å². The van der Waals surface area contributed by atoms with Crippen molar-refractivity contribution in [3.05, 3.63) is 0 Å². The molecule has 0 heterocycles. The van der Waals surface area contributed by atoms with Gasteiger partial charge in [-0.05, 0) is 24.2 Å². The molecule has 84 valence electrons. The molecule has 1 fully saturated rings. The first kappa shape index (κ1) is 12.1. The van der Waals surface area contributed by atoms with E-state index < -0.39 is 0 Å². The first-order valence-corrected chi connectivity index (χ1v) is 6.74. The molecule has 14 heavy (non-hydrogen) atoms. The lowest BCUT2D eigenvalue weighted by atomic mass is 9.78. The summed E-state index contributed by atoms with van der Waals surface area (Å²) in [6, 6.07) is 0. The molecule has 0 spiro atoms. The van der Waals surface area contributed by atoms with E-state index in [4.69, 9.17) is 0 Å². The van der Waals surface area contributed by atoms with Crippen molar-refractivity contribution in [2.24, 2.45) is 17.8 Å². The molecule has 1 aliphatic carbocycles. The van der Waals surface area contributed by atoms with Crippen LogP contribution in [0.25, 0.3) is 0 Å². The van der Waals surface area contributed by atoms with Gasteiger partial charge in [0.25, 0.3) is 0 Å². The van der Waals surface area contributed by atoms with Crippen LogP contribution in [0.1, 0.15) is 72.1 Å². The van der Waals surface area contributed by atoms with Gasteiger partial charge in [0.1, 0.15) is 0 Å². The molecule has 0 aromatic rings. The minimum absolute atomic E-state index is 0.900. The van der Waals surface area contributed by atoms with Crippen LogP contribution < -0.4 is 0 Å². The van der Waals surface area contributed by atoms with Gasteiger partial charge in [-0.15, -0.1) is 0 Å². The van der Waals surface area contributed by atoms with E-state index in [9.17, 15) is 0 Å². The molecule has 1 aliphatic rings. The highest BCUT2D eigenvalue weighted by Crippen LogP contribution is 2.33. The zero-order chi connectivity index (χ0) is 10.4. The average Bonchev–Trinajstić information content (AvgIpc) is 2.18. The van der Waals surface area contributed by atoms with Crippen LogP contribution in [0.2, 0.25) is 0 Å². The van der Waals surface area contributed by atoms with Crippen molar-refractivity contribution in [3.63, 3.8) is 0 Å². The summed E-state index contributed by atoms with van der Waals surface area (Å²) in [5.41, 5.74) is 0. The van der Waals surface area contributed by atoms with Gasteiger partial charge in [0.2, 0.25) is 0 Å². The van der Waals surface area contributed by atoms with E-state index in [2.05, 4.69) is 20.8 Å². The largest absolute Gasteiger partial charge is 0.0654 e. The second-order valence-electron chi connectivity index (χ2n) is 5.53. The zero-order valence-electron chi connectivity index (χ0n) is 10.4. The quantitative estimate of drug-likeness (QED) is 0.578. The van der Waals surface area contributed by atoms with Crippen molar-refractivity contribution < 1.29 is 0 Å². The van der Waals surface area contributed by atoms with Crippen LogP contribution in [-0.4, -0.2) is 0 Å². The first-order chi connectivity index (χ1) is 6.74. The Labute approximate surface area is 90.5 Å². The van der Waals surface area contributed by atoms with Crippen LogP contribution in [0.4, 0.5) is 0 Å². The van der Waals surface area contributed by atoms with Crippen LogP contribution >= 0.6 is 0 Å². The van der Waals surface area contributed by atoms with Gasteiger partial charge < -0.3 is 0 Å². The monoisotopic (exact) mass is 196 g/mol. The molecule has 0 N–H and O–H groups in total. The number of hydrogen-bond donors (Lipinski definition) is 0. The highest BCUT2D eigenvalue weighted by molar-refractivity contribution is 4.72. The Bertz CT molecular complexity index is 131. The standard InChI is InChI=1S/C14H28/c1-4-8-14(12(2)3)11-13-9-6-5-7-10-13/h12-14H,4-11H2,1-3H3. The van der Waals surface area contributed by atoms with E-state index in [1.165, 1.54) is 51.4 Å². The molecule has 1 rings (SSSR count). The predicted molar refractivity (Wildman–Crippen MR) is 64.4 cm³/mol. The van der Waals surface area contributed by atoms with Crippen LogP contribution in [0.5, 0.6) is 0 Å². The normalized spacial score (nSPS) is 21.4. The maximum atomic E-state index is 2.41. The van der Waals surface area contributed by atoms with Gasteiger partial charge in [-0.3, -0.25) is 0 Å². The van der Waals surface area contributed by atoms with Gasteiger partial charge >= 0.3 is 0 Å². The third kappa shape index (κ3) is 4.02. The van der Waals surface area contributed by atoms with Gasteiger partial charge in [-0.25, -0.2) is 0 Å². The third-order valence-electron chi connectivity index (χ3n) is 3.96. The van der Waals surface area contributed by atoms with Crippen molar-refractivity contribution in [2.75, 3.05) is 0 Å². The molecule has 1 atom stereocenters. The minimum Gasteiger partial charge on any atom is -0.0654 e. The fraction of sp³-hybridized carbons (Fsp3) is 1.00. The van der Waals surface area contributed by atoms with E-state index in [0.717, 1.165) is 17.8 Å². The van der Waals surface area contributed by atoms with Gasteiger partial charge in [-0.2, -0.15) is 0 Å². The molecule has 0 aromatic heterocycles. The zero-order valence-corrected chi connectivity index (χ0v) is 10.4. The van der Waals surface area contributed by atoms with Gasteiger partial charge in [0.05, 0.1) is 0 Å². The summed E-state index contributed by atoms with van der Waals surface area (Å²) < 4.78 is 0. The molecule has 0 radical (unpaired) electrons. The summed E-state index contributed by atoms with van der Waals surface area (Å²) in [5, 5.41) is 0. The summed E-state index contributed by atoms with van der Waals surface area (Å²) in [4.78, 5) is 0. The molecule has 1 unspecified atom stereocenters. The Morgan fingerprint density at radius 2 is 1.71 bits per heavy atom. The maximum absolute atomic E-state index is 2.41. The first-order valence-electron chi connectivity index (χ1n) is 6.74. The number of rotatable bonds is 5. The average molecular weight is 196 g/mol. The van der Waals surface area contributed by atoms with E-state index in [0.29, 0.717) is 0 Å². The molecule has 0 saturated heterocycles. The smallest absolute Gasteiger partial charge is 0.0389 e. The Morgan fingerprint density at radius 1 is 1.07 bits per heavy atom. The SMILES string of the molecule is CCCC(CC1CCCCC1)C(C)C. The van der Waals surface area contributed by atoms with Crippen LogP contribution in [0.15, 0.2) is 0 Å². The van der Waals surface area contributed by atoms with Crippen LogP contribution in [-0.2, 0) is 0 Å². The van der Waals surface area contributed by atoms with Crippen molar-refractivity contribution in [2.45, 2.75) is 72.1 Å². The van der Waals surface area contributed by atoms with Gasteiger partial charge in [0.15, 0.2) is 0 Å². The minimum atomic E-state index is 0.900. The number of hydrogen-bond acceptors (Lipinski definition) is 0. The summed E-state index contributed by atoms with van der Waals surface area (Å²) >= 11 is 0. The van der Waals surface area contributed by atoms with Crippen molar-refractivity contribution >= 4 is 0 Å². The highest BCUT2D eigenvalue weighted by atomic mass is 14.3. The molecule has 0 bridgehead atoms. The molecule has 1 saturated carbocycles. The summed E-state index contributed by atoms with van der Waals surface area (Å²) in [7, 11) is 0. The molecular weight excluding hydrogens is 168 g/mol. The van der Waals surface area contributed by atoms with Crippen molar-refractivity contribution in [1.82, 2.24) is 0 Å². The van der Waals surface area contributed by atoms with E-state index in [1.54, 1.807) is 0 Å². The van der Waals surface area contributed by atoms with Crippen LogP contribution in [0, 0.1) is 17.8 Å². The Balaban J connectivity index is 2.29. The van der Waals surface area contributed by atoms with Crippen LogP contribution in [0.3, 0.4) is 0 Å². The lowest BCUT2D eigenvalue weighted by Crippen LogP contribution is -2.16. The fourth-order valence-corrected chi connectivity index (χ4v) is 2.95. The van der Waals surface area contributed by atoms with E-state index in [-0.39, 0.29) is 0 Å². The molecule has 0 amide bonds. The second-order valence-corrected chi connectivity index (χ2v) is 5.53. The fourth-order valence-electron chi connectivity index (χ4n) is 2.95. The van der Waals surface area contributed by atoms with Crippen molar-refractivity contribution in [1.29, 1.82) is 0 Å². The molecule has 0 nitrogen and oxygen atoms in total. The lowest BCUT2D eigenvalue weighted by Gasteiger charge is -2.28. The maximum Gasteiger partial charge on any atom is -0.0389 e. The predicted octanol–water partition coefficient (Wildman–Crippen LogP) is 5.03. The summed E-state index contributed by atoms with van der Waals surface area (Å²) in [6.45, 7) is 7.14. The highest BCUT2D eigenvalue weighted by Gasteiger charge is 2.20. The molecule has 0 aliphatic heterocycles. The third-order valence-corrected chi connectivity index (χ3v) is 3.96. The summed E-state index contributed by atoms with van der Waals surface area (Å²) in [6.07, 6.45) is 11.9. The molecule has 0 heteroatoms. The Kier molecular flexibility index (Phi) is 5.59. The Hall–Kier alpha value is 0. The van der Waals surface area contributed by atoms with Gasteiger partial charge in [-0.1, -0.05) is 65.7 Å². The lowest BCUT2D eigenvalue weighted by molar-refractivity contribution is 0.236. The van der Waals surface area contributed by atoms with E-state index in [1.807, 2.05) is 0 Å². The summed E-state index contributed by atoms with van der Waals surface area (Å²) in [5.74, 6) is 2.97. The molecular formula is C14H28. The van der Waals surface area contributed by atoms with Gasteiger partial charge in [0, 0.05) is 0 Å². The second kappa shape index (κ2) is 6.48. The Morgan fingerprint density at radius 3 is 2.21 bits per heavy atom.